The van der Waals surface area contributed by atoms with Crippen molar-refractivity contribution in [2.24, 2.45) is 7.05 Å². The van der Waals surface area contributed by atoms with Crippen LogP contribution in [-0.2, 0) is 7.05 Å². The first kappa shape index (κ1) is 8.57. The van der Waals surface area contributed by atoms with Crippen molar-refractivity contribution in [2.75, 3.05) is 5.73 Å². The fourth-order valence-electron chi connectivity index (χ4n) is 1.41. The molecular formula is C8H6BN5. The van der Waals surface area contributed by atoms with Crippen LogP contribution in [-0.4, -0.2) is 22.4 Å². The van der Waals surface area contributed by atoms with Gasteiger partial charge in [-0.1, -0.05) is 0 Å². The van der Waals surface area contributed by atoms with Gasteiger partial charge in [0.25, 0.3) is 0 Å². The normalized spacial score (nSPS) is 10.3. The third kappa shape index (κ3) is 0.894. The van der Waals surface area contributed by atoms with Gasteiger partial charge in [0.15, 0.2) is 0 Å². The van der Waals surface area contributed by atoms with Crippen molar-refractivity contribution in [3.8, 4) is 6.07 Å². The number of hydrogen-bond donors (Lipinski definition) is 1. The molecule has 0 aromatic carbocycles. The first-order valence-corrected chi connectivity index (χ1v) is 3.91. The Morgan fingerprint density at radius 2 is 2.29 bits per heavy atom. The smallest absolute Gasteiger partial charge is 0.146 e. The second-order valence-electron chi connectivity index (χ2n) is 2.89. The van der Waals surface area contributed by atoms with Crippen molar-refractivity contribution in [2.45, 2.75) is 0 Å². The monoisotopic (exact) mass is 183 g/mol. The van der Waals surface area contributed by atoms with E-state index in [0.29, 0.717) is 22.2 Å². The molecule has 0 bridgehead atoms. The van der Waals surface area contributed by atoms with Gasteiger partial charge in [0.2, 0.25) is 0 Å². The van der Waals surface area contributed by atoms with Crippen LogP contribution in [0.15, 0.2) is 6.33 Å². The van der Waals surface area contributed by atoms with Crippen molar-refractivity contribution in [3.05, 3.63) is 11.9 Å². The van der Waals surface area contributed by atoms with Crippen LogP contribution in [0.5, 0.6) is 0 Å². The van der Waals surface area contributed by atoms with Gasteiger partial charge in [-0.3, -0.25) is 0 Å². The minimum atomic E-state index is 0.277. The Hall–Kier alpha value is -2.03. The van der Waals surface area contributed by atoms with E-state index in [9.17, 15) is 0 Å². The molecule has 0 unspecified atom stereocenters. The highest BCUT2D eigenvalue weighted by Crippen LogP contribution is 2.19. The summed E-state index contributed by atoms with van der Waals surface area (Å²) in [5, 5.41) is 9.42. The highest BCUT2D eigenvalue weighted by Gasteiger charge is 2.14. The summed E-state index contributed by atoms with van der Waals surface area (Å²) in [5.74, 6) is 0.277. The molecule has 0 spiro atoms. The van der Waals surface area contributed by atoms with E-state index < -0.39 is 0 Å². The summed E-state index contributed by atoms with van der Waals surface area (Å²) < 4.78 is 1.62. The first-order valence-electron chi connectivity index (χ1n) is 3.91. The highest BCUT2D eigenvalue weighted by molar-refractivity contribution is 6.35. The number of nitrogen functional groups attached to an aromatic ring is 1. The van der Waals surface area contributed by atoms with Crippen LogP contribution in [0.1, 0.15) is 5.56 Å². The lowest BCUT2D eigenvalue weighted by Crippen LogP contribution is -2.15. The number of rotatable bonds is 0. The maximum absolute atomic E-state index is 8.90. The van der Waals surface area contributed by atoms with Crippen LogP contribution >= 0.6 is 0 Å². The summed E-state index contributed by atoms with van der Waals surface area (Å²) in [6.07, 6.45) is 1.35. The molecule has 0 saturated heterocycles. The second kappa shape index (κ2) is 2.74. The second-order valence-corrected chi connectivity index (χ2v) is 2.89. The summed E-state index contributed by atoms with van der Waals surface area (Å²) in [6.45, 7) is 0. The lowest BCUT2D eigenvalue weighted by atomic mass is 9.99. The molecule has 14 heavy (non-hydrogen) atoms. The Morgan fingerprint density at radius 3 is 2.93 bits per heavy atom. The summed E-state index contributed by atoms with van der Waals surface area (Å²) in [6, 6.07) is 1.99. The number of nitriles is 1. The lowest BCUT2D eigenvalue weighted by molar-refractivity contribution is 0.972. The van der Waals surface area contributed by atoms with E-state index in [4.69, 9.17) is 18.8 Å². The zero-order valence-electron chi connectivity index (χ0n) is 7.52. The molecule has 6 heteroatoms. The molecular weight excluding hydrogens is 177 g/mol. The van der Waals surface area contributed by atoms with E-state index in [1.807, 2.05) is 6.07 Å². The van der Waals surface area contributed by atoms with Gasteiger partial charge < -0.3 is 10.3 Å². The lowest BCUT2D eigenvalue weighted by Gasteiger charge is -1.96. The minimum Gasteiger partial charge on any atom is -0.383 e. The number of nitrogens with zero attached hydrogens (tertiary/aromatic N) is 4. The number of aryl methyl sites for hydroxylation is 1. The highest BCUT2D eigenvalue weighted by atomic mass is 15.0. The van der Waals surface area contributed by atoms with Crippen LogP contribution in [0.4, 0.5) is 5.82 Å². The zero-order valence-corrected chi connectivity index (χ0v) is 7.52. The van der Waals surface area contributed by atoms with E-state index in [-0.39, 0.29) is 5.82 Å². The van der Waals surface area contributed by atoms with Crippen molar-refractivity contribution in [1.29, 1.82) is 5.26 Å². The van der Waals surface area contributed by atoms with Gasteiger partial charge in [0.1, 0.15) is 31.7 Å². The SMILES string of the molecule is [B]c1c(C#N)c2c(N)ncnc2n1C. The van der Waals surface area contributed by atoms with E-state index in [2.05, 4.69) is 9.97 Å². The Kier molecular flexibility index (Phi) is 1.67. The molecule has 2 radical (unpaired) electrons. The molecule has 0 aliphatic heterocycles. The van der Waals surface area contributed by atoms with E-state index in [1.165, 1.54) is 6.33 Å². The Balaban J connectivity index is 3.06. The molecule has 2 aromatic heterocycles. The number of aromatic nitrogens is 3. The molecule has 0 aliphatic carbocycles. The number of anilines is 1. The standard InChI is InChI=1S/C8H6BN5/c1-14-6(9)4(2-10)5-7(11)12-3-13-8(5)14/h3H,1H3,(H2,11,12,13). The molecule has 0 fully saturated rings. The molecule has 0 atom stereocenters. The third-order valence-corrected chi connectivity index (χ3v) is 2.15. The van der Waals surface area contributed by atoms with E-state index in [1.54, 1.807) is 11.6 Å². The molecule has 2 aromatic rings. The van der Waals surface area contributed by atoms with Crippen molar-refractivity contribution in [1.82, 2.24) is 14.5 Å². The Morgan fingerprint density at radius 1 is 1.57 bits per heavy atom. The largest absolute Gasteiger partial charge is 0.383 e. The van der Waals surface area contributed by atoms with E-state index >= 15 is 0 Å². The molecule has 0 saturated carbocycles. The van der Waals surface area contributed by atoms with Crippen LogP contribution < -0.4 is 11.3 Å². The molecule has 2 rings (SSSR count). The van der Waals surface area contributed by atoms with Gasteiger partial charge in [-0.05, 0) is 5.59 Å². The molecule has 2 N–H and O–H groups in total. The summed E-state index contributed by atoms with van der Waals surface area (Å²) in [5.41, 5.74) is 6.91. The maximum Gasteiger partial charge on any atom is 0.146 e. The number of fused-ring (bicyclic) bond motifs is 1. The summed E-state index contributed by atoms with van der Waals surface area (Å²) in [7, 11) is 7.44. The van der Waals surface area contributed by atoms with Crippen LogP contribution in [0.2, 0.25) is 0 Å². The first-order chi connectivity index (χ1) is 6.66. The summed E-state index contributed by atoms with van der Waals surface area (Å²) in [4.78, 5) is 7.83. The van der Waals surface area contributed by atoms with E-state index in [0.717, 1.165) is 0 Å². The molecule has 66 valence electrons. The topological polar surface area (TPSA) is 80.5 Å². The van der Waals surface area contributed by atoms with Crippen molar-refractivity contribution >= 4 is 30.3 Å². The van der Waals surface area contributed by atoms with Gasteiger partial charge in [-0.25, -0.2) is 9.97 Å². The molecule has 5 nitrogen and oxygen atoms in total. The van der Waals surface area contributed by atoms with Crippen LogP contribution in [0, 0.1) is 11.3 Å². The predicted octanol–water partition coefficient (Wildman–Crippen LogP) is -0.784. The van der Waals surface area contributed by atoms with Gasteiger partial charge >= 0.3 is 0 Å². The number of hydrogen-bond acceptors (Lipinski definition) is 4. The summed E-state index contributed by atoms with van der Waals surface area (Å²) >= 11 is 0. The quantitative estimate of drug-likeness (QED) is 0.543. The van der Waals surface area contributed by atoms with Gasteiger partial charge in [0.05, 0.1) is 10.9 Å². The van der Waals surface area contributed by atoms with Gasteiger partial charge in [0, 0.05) is 7.05 Å². The Bertz CT molecular complexity index is 551. The van der Waals surface area contributed by atoms with Gasteiger partial charge in [-0.2, -0.15) is 5.26 Å². The molecule has 0 aliphatic rings. The number of nitrogens with two attached hydrogens (primary N) is 1. The predicted molar refractivity (Wildman–Crippen MR) is 53.0 cm³/mol. The maximum atomic E-state index is 8.90. The fraction of sp³-hybridized carbons (Fsp3) is 0.125. The average Bonchev–Trinajstić information content (AvgIpc) is 2.43. The molecule has 2 heterocycles. The third-order valence-electron chi connectivity index (χ3n) is 2.15. The van der Waals surface area contributed by atoms with Crippen molar-refractivity contribution in [3.63, 3.8) is 0 Å². The minimum absolute atomic E-state index is 0.277. The molecule has 0 amide bonds. The van der Waals surface area contributed by atoms with Crippen LogP contribution in [0.3, 0.4) is 0 Å². The average molecular weight is 183 g/mol. The van der Waals surface area contributed by atoms with Gasteiger partial charge in [-0.15, -0.1) is 0 Å². The van der Waals surface area contributed by atoms with Crippen LogP contribution in [0.25, 0.3) is 11.0 Å². The zero-order chi connectivity index (χ0) is 10.3. The fourth-order valence-corrected chi connectivity index (χ4v) is 1.41. The Labute approximate surface area is 81.6 Å². The van der Waals surface area contributed by atoms with Crippen molar-refractivity contribution < 1.29 is 0 Å².